The van der Waals surface area contributed by atoms with E-state index in [1.54, 1.807) is 0 Å². The molecule has 1 heterocycles. The van der Waals surface area contributed by atoms with Gasteiger partial charge in [0.1, 0.15) is 0 Å². The highest BCUT2D eigenvalue weighted by atomic mass is 16.2. The third kappa shape index (κ3) is 3.50. The maximum absolute atomic E-state index is 9.17. The first-order valence-electron chi connectivity index (χ1n) is 8.36. The van der Waals surface area contributed by atoms with Crippen molar-refractivity contribution in [1.29, 1.82) is 0 Å². The van der Waals surface area contributed by atoms with Gasteiger partial charge in [0.15, 0.2) is 0 Å². The van der Waals surface area contributed by atoms with Crippen LogP contribution < -0.4 is 4.90 Å². The summed E-state index contributed by atoms with van der Waals surface area (Å²) < 4.78 is 0. The maximum atomic E-state index is 9.17. The van der Waals surface area contributed by atoms with Gasteiger partial charge in [-0.25, -0.2) is 0 Å². The Morgan fingerprint density at radius 1 is 0.909 bits per heavy atom. The van der Waals surface area contributed by atoms with Crippen molar-refractivity contribution < 1.29 is 5.11 Å². The van der Waals surface area contributed by atoms with Gasteiger partial charge in [-0.2, -0.15) is 0 Å². The first-order chi connectivity index (χ1) is 10.9. The molecule has 2 unspecified atom stereocenters. The summed E-state index contributed by atoms with van der Waals surface area (Å²) in [5.74, 6) is 0.604. The smallest absolute Gasteiger partial charge is 0.0431 e. The Kier molecular flexibility index (Phi) is 5.12. The van der Waals surface area contributed by atoms with Crippen molar-refractivity contribution >= 4 is 5.69 Å². The van der Waals surface area contributed by atoms with Crippen molar-refractivity contribution in [2.24, 2.45) is 0 Å². The van der Waals surface area contributed by atoms with Gasteiger partial charge in [-0.05, 0) is 43.4 Å². The van der Waals surface area contributed by atoms with Crippen LogP contribution in [0.5, 0.6) is 0 Å². The second-order valence-electron chi connectivity index (χ2n) is 6.19. The number of para-hydroxylation sites is 1. The minimum Gasteiger partial charge on any atom is -0.396 e. The van der Waals surface area contributed by atoms with E-state index in [1.807, 2.05) is 0 Å². The summed E-state index contributed by atoms with van der Waals surface area (Å²) in [6, 6.07) is 22.1. The van der Waals surface area contributed by atoms with E-state index in [0.717, 1.165) is 19.4 Å². The number of hydrogen-bond acceptors (Lipinski definition) is 2. The molecular formula is C20H25NO. The Bertz CT molecular complexity index is 554. The molecule has 22 heavy (non-hydrogen) atoms. The first kappa shape index (κ1) is 15.1. The van der Waals surface area contributed by atoms with E-state index in [9.17, 15) is 0 Å². The Labute approximate surface area is 133 Å². The maximum Gasteiger partial charge on any atom is 0.0431 e. The number of hydrogen-bond donors (Lipinski definition) is 1. The molecule has 1 N–H and O–H groups in total. The third-order valence-electron chi connectivity index (χ3n) is 4.76. The second-order valence-corrected chi connectivity index (χ2v) is 6.19. The van der Waals surface area contributed by atoms with Crippen LogP contribution in [-0.4, -0.2) is 24.3 Å². The fourth-order valence-electron chi connectivity index (χ4n) is 3.59. The van der Waals surface area contributed by atoms with Crippen molar-refractivity contribution in [2.45, 2.75) is 37.6 Å². The summed E-state index contributed by atoms with van der Waals surface area (Å²) in [7, 11) is 0. The molecule has 0 spiro atoms. The highest BCUT2D eigenvalue weighted by Crippen LogP contribution is 2.34. The average Bonchev–Trinajstić information content (AvgIpc) is 2.61. The zero-order chi connectivity index (χ0) is 15.2. The highest BCUT2D eigenvalue weighted by Gasteiger charge is 2.28. The van der Waals surface area contributed by atoms with Gasteiger partial charge in [-0.15, -0.1) is 0 Å². The summed E-state index contributed by atoms with van der Waals surface area (Å²) in [5, 5.41) is 9.17. The summed E-state index contributed by atoms with van der Waals surface area (Å²) in [6.07, 6.45) is 4.41. The molecule has 116 valence electrons. The molecule has 0 amide bonds. The van der Waals surface area contributed by atoms with E-state index in [1.165, 1.54) is 24.1 Å². The monoisotopic (exact) mass is 295 g/mol. The number of piperidine rings is 1. The highest BCUT2D eigenvalue weighted by molar-refractivity contribution is 5.48. The van der Waals surface area contributed by atoms with Crippen LogP contribution in [0.15, 0.2) is 60.7 Å². The van der Waals surface area contributed by atoms with E-state index in [2.05, 4.69) is 65.6 Å². The number of benzene rings is 2. The predicted octanol–water partition coefficient (Wildman–Crippen LogP) is 4.21. The molecule has 1 saturated heterocycles. The predicted molar refractivity (Wildman–Crippen MR) is 92.3 cm³/mol. The molecule has 2 heteroatoms. The lowest BCUT2D eigenvalue weighted by molar-refractivity contribution is 0.271. The summed E-state index contributed by atoms with van der Waals surface area (Å²) >= 11 is 0. The quantitative estimate of drug-likeness (QED) is 0.893. The molecule has 3 rings (SSSR count). The van der Waals surface area contributed by atoms with Crippen LogP contribution in [0.25, 0.3) is 0 Å². The molecule has 1 fully saturated rings. The SMILES string of the molecule is OCCCC1CCC(c2ccccc2)CN1c1ccccc1. The number of rotatable bonds is 5. The average molecular weight is 295 g/mol. The van der Waals surface area contributed by atoms with Crippen LogP contribution in [-0.2, 0) is 0 Å². The molecule has 1 aliphatic heterocycles. The van der Waals surface area contributed by atoms with E-state index in [-0.39, 0.29) is 0 Å². The minimum absolute atomic E-state index is 0.293. The topological polar surface area (TPSA) is 23.5 Å². The molecule has 0 aliphatic carbocycles. The standard InChI is InChI=1S/C20H25NO/c22-15-7-12-20-14-13-18(17-8-3-1-4-9-17)16-21(20)19-10-5-2-6-11-19/h1-6,8-11,18,20,22H,7,12-16H2. The van der Waals surface area contributed by atoms with E-state index in [4.69, 9.17) is 5.11 Å². The first-order valence-corrected chi connectivity index (χ1v) is 8.36. The van der Waals surface area contributed by atoms with E-state index in [0.29, 0.717) is 18.6 Å². The lowest BCUT2D eigenvalue weighted by Gasteiger charge is -2.41. The normalized spacial score (nSPS) is 21.8. The molecular weight excluding hydrogens is 270 g/mol. The molecule has 2 atom stereocenters. The number of nitrogens with zero attached hydrogens (tertiary/aromatic N) is 1. The van der Waals surface area contributed by atoms with Crippen LogP contribution in [0.4, 0.5) is 5.69 Å². The fraction of sp³-hybridized carbons (Fsp3) is 0.400. The largest absolute Gasteiger partial charge is 0.396 e. The van der Waals surface area contributed by atoms with E-state index >= 15 is 0 Å². The Hall–Kier alpha value is -1.80. The van der Waals surface area contributed by atoms with Gasteiger partial charge in [0.2, 0.25) is 0 Å². The van der Waals surface area contributed by atoms with Crippen LogP contribution in [0.2, 0.25) is 0 Å². The van der Waals surface area contributed by atoms with Crippen LogP contribution in [0.1, 0.15) is 37.2 Å². The number of anilines is 1. The van der Waals surface area contributed by atoms with Gasteiger partial charge in [0.25, 0.3) is 0 Å². The summed E-state index contributed by atoms with van der Waals surface area (Å²) in [6.45, 7) is 1.37. The van der Waals surface area contributed by atoms with Crippen molar-refractivity contribution in [3.8, 4) is 0 Å². The van der Waals surface area contributed by atoms with Crippen LogP contribution >= 0.6 is 0 Å². The minimum atomic E-state index is 0.293. The third-order valence-corrected chi connectivity index (χ3v) is 4.76. The molecule has 0 bridgehead atoms. The molecule has 1 aliphatic rings. The number of aliphatic hydroxyl groups excluding tert-OH is 1. The lowest BCUT2D eigenvalue weighted by atomic mass is 9.85. The van der Waals surface area contributed by atoms with Crippen LogP contribution in [0, 0.1) is 0 Å². The van der Waals surface area contributed by atoms with Gasteiger partial charge in [-0.1, -0.05) is 48.5 Å². The second kappa shape index (κ2) is 7.46. The van der Waals surface area contributed by atoms with Gasteiger partial charge >= 0.3 is 0 Å². The van der Waals surface area contributed by atoms with Crippen molar-refractivity contribution in [3.05, 3.63) is 66.2 Å². The van der Waals surface area contributed by atoms with Crippen LogP contribution in [0.3, 0.4) is 0 Å². The summed E-state index contributed by atoms with van der Waals surface area (Å²) in [4.78, 5) is 2.55. The van der Waals surface area contributed by atoms with Crippen molar-refractivity contribution in [3.63, 3.8) is 0 Å². The molecule has 0 aromatic heterocycles. The van der Waals surface area contributed by atoms with Gasteiger partial charge in [-0.3, -0.25) is 0 Å². The fourth-order valence-corrected chi connectivity index (χ4v) is 3.59. The Morgan fingerprint density at radius 3 is 2.27 bits per heavy atom. The molecule has 2 aromatic carbocycles. The lowest BCUT2D eigenvalue weighted by Crippen LogP contribution is -2.42. The Morgan fingerprint density at radius 2 is 1.59 bits per heavy atom. The van der Waals surface area contributed by atoms with Crippen molar-refractivity contribution in [2.75, 3.05) is 18.1 Å². The van der Waals surface area contributed by atoms with Crippen molar-refractivity contribution in [1.82, 2.24) is 0 Å². The Balaban J connectivity index is 1.79. The van der Waals surface area contributed by atoms with Gasteiger partial charge < -0.3 is 10.0 Å². The van der Waals surface area contributed by atoms with Gasteiger partial charge in [0, 0.05) is 30.8 Å². The molecule has 2 nitrogen and oxygen atoms in total. The molecule has 0 saturated carbocycles. The van der Waals surface area contributed by atoms with E-state index < -0.39 is 0 Å². The zero-order valence-corrected chi connectivity index (χ0v) is 13.1. The van der Waals surface area contributed by atoms with Gasteiger partial charge in [0.05, 0.1) is 0 Å². The molecule has 0 radical (unpaired) electrons. The summed E-state index contributed by atoms with van der Waals surface area (Å²) in [5.41, 5.74) is 2.76. The number of aliphatic hydroxyl groups is 1. The molecule has 2 aromatic rings. The zero-order valence-electron chi connectivity index (χ0n) is 13.1.